The summed E-state index contributed by atoms with van der Waals surface area (Å²) < 4.78 is 5.51. The van der Waals surface area contributed by atoms with Crippen molar-refractivity contribution >= 4 is 15.9 Å². The summed E-state index contributed by atoms with van der Waals surface area (Å²) in [6.07, 6.45) is 7.64. The van der Waals surface area contributed by atoms with Crippen LogP contribution in [0.2, 0.25) is 0 Å². The van der Waals surface area contributed by atoms with Crippen molar-refractivity contribution in [3.8, 4) is 0 Å². The van der Waals surface area contributed by atoms with Crippen LogP contribution in [0.5, 0.6) is 0 Å². The van der Waals surface area contributed by atoms with E-state index in [2.05, 4.69) is 43.6 Å². The molecule has 0 fully saturated rings. The van der Waals surface area contributed by atoms with Crippen LogP contribution in [-0.2, 0) is 4.74 Å². The van der Waals surface area contributed by atoms with E-state index >= 15 is 0 Å². The monoisotopic (exact) mass is 292 g/mol. The fraction of sp³-hybridized carbons (Fsp3) is 1.00. The lowest BCUT2D eigenvalue weighted by molar-refractivity contribution is 0.00392. The van der Waals surface area contributed by atoms with E-state index in [1.807, 2.05) is 7.11 Å². The van der Waals surface area contributed by atoms with Crippen LogP contribution in [0.4, 0.5) is 0 Å². The average Bonchev–Trinajstić information content (AvgIpc) is 2.30. The van der Waals surface area contributed by atoms with Gasteiger partial charge in [0.1, 0.15) is 0 Å². The number of hydrogen-bond acceptors (Lipinski definition) is 1. The third kappa shape index (κ3) is 5.67. The molecule has 0 bridgehead atoms. The highest BCUT2D eigenvalue weighted by molar-refractivity contribution is 9.09. The largest absolute Gasteiger partial charge is 0.379 e. The first-order valence-electron chi connectivity index (χ1n) is 6.56. The Hall–Kier alpha value is 0.440. The second kappa shape index (κ2) is 7.71. The summed E-state index contributed by atoms with van der Waals surface area (Å²) in [5, 5.41) is 1.12. The molecule has 1 unspecified atom stereocenters. The molecule has 0 aromatic heterocycles. The molecule has 0 heterocycles. The second-order valence-corrected chi connectivity index (χ2v) is 6.12. The van der Waals surface area contributed by atoms with Gasteiger partial charge in [-0.25, -0.2) is 0 Å². The number of halogens is 1. The number of rotatable bonds is 9. The lowest BCUT2D eigenvalue weighted by Crippen LogP contribution is -2.29. The van der Waals surface area contributed by atoms with Crippen LogP contribution in [0.15, 0.2) is 0 Å². The Morgan fingerprint density at radius 1 is 1.06 bits per heavy atom. The highest BCUT2D eigenvalue weighted by atomic mass is 79.9. The first kappa shape index (κ1) is 16.4. The molecule has 0 amide bonds. The topological polar surface area (TPSA) is 9.23 Å². The maximum Gasteiger partial charge on any atom is 0.0623 e. The van der Waals surface area contributed by atoms with Gasteiger partial charge in [-0.1, -0.05) is 42.6 Å². The molecule has 0 aliphatic heterocycles. The zero-order valence-electron chi connectivity index (χ0n) is 11.7. The molecule has 0 aliphatic rings. The molecule has 0 aromatic rings. The number of alkyl halides is 1. The second-order valence-electron chi connectivity index (χ2n) is 5.55. The van der Waals surface area contributed by atoms with Gasteiger partial charge in [0.25, 0.3) is 0 Å². The molecule has 2 heteroatoms. The maximum absolute atomic E-state index is 5.51. The van der Waals surface area contributed by atoms with Gasteiger partial charge in [-0.2, -0.15) is 0 Å². The van der Waals surface area contributed by atoms with Crippen LogP contribution in [-0.4, -0.2) is 18.0 Å². The third-order valence-corrected chi connectivity index (χ3v) is 5.09. The lowest BCUT2D eigenvalue weighted by atomic mass is 9.76. The number of unbranched alkanes of at least 4 members (excludes halogenated alkanes) is 1. The van der Waals surface area contributed by atoms with Crippen molar-refractivity contribution in [1.29, 1.82) is 0 Å². The quantitative estimate of drug-likeness (QED) is 0.533. The minimum atomic E-state index is 0.0226. The predicted molar refractivity (Wildman–Crippen MR) is 76.4 cm³/mol. The Kier molecular flexibility index (Phi) is 7.92. The van der Waals surface area contributed by atoms with E-state index in [1.165, 1.54) is 32.1 Å². The molecule has 16 heavy (non-hydrogen) atoms. The van der Waals surface area contributed by atoms with Crippen molar-refractivity contribution in [2.45, 2.75) is 71.8 Å². The Morgan fingerprint density at radius 3 is 2.06 bits per heavy atom. The third-order valence-electron chi connectivity index (χ3n) is 3.90. The fourth-order valence-corrected chi connectivity index (χ4v) is 2.88. The van der Waals surface area contributed by atoms with E-state index in [1.54, 1.807) is 0 Å². The van der Waals surface area contributed by atoms with E-state index in [0.717, 1.165) is 11.8 Å². The number of ether oxygens (including phenoxy) is 1. The first-order chi connectivity index (χ1) is 7.45. The van der Waals surface area contributed by atoms with Gasteiger partial charge in [-0.3, -0.25) is 0 Å². The standard InChI is InChI=1S/C14H29BrO/c1-6-8-9-14(7-2,12-15)11-10-13(3,4)16-5/h6-12H2,1-5H3. The summed E-state index contributed by atoms with van der Waals surface area (Å²) in [6, 6.07) is 0. The molecule has 0 aliphatic carbocycles. The van der Waals surface area contributed by atoms with Crippen LogP contribution in [0.25, 0.3) is 0 Å². The minimum Gasteiger partial charge on any atom is -0.379 e. The van der Waals surface area contributed by atoms with Crippen LogP contribution in [0.3, 0.4) is 0 Å². The van der Waals surface area contributed by atoms with E-state index in [9.17, 15) is 0 Å². The van der Waals surface area contributed by atoms with Gasteiger partial charge in [0.05, 0.1) is 5.60 Å². The lowest BCUT2D eigenvalue weighted by Gasteiger charge is -2.34. The van der Waals surface area contributed by atoms with Crippen LogP contribution in [0, 0.1) is 5.41 Å². The van der Waals surface area contributed by atoms with Crippen molar-refractivity contribution < 1.29 is 4.74 Å². The Labute approximate surface area is 110 Å². The highest BCUT2D eigenvalue weighted by Crippen LogP contribution is 2.38. The summed E-state index contributed by atoms with van der Waals surface area (Å²) in [4.78, 5) is 0. The van der Waals surface area contributed by atoms with Crippen LogP contribution < -0.4 is 0 Å². The van der Waals surface area contributed by atoms with Gasteiger partial charge in [0.2, 0.25) is 0 Å². The molecule has 0 rings (SSSR count). The van der Waals surface area contributed by atoms with E-state index in [-0.39, 0.29) is 5.60 Å². The first-order valence-corrected chi connectivity index (χ1v) is 7.68. The highest BCUT2D eigenvalue weighted by Gasteiger charge is 2.29. The molecule has 0 saturated carbocycles. The molecule has 0 spiro atoms. The summed E-state index contributed by atoms with van der Waals surface area (Å²) >= 11 is 3.71. The average molecular weight is 293 g/mol. The van der Waals surface area contributed by atoms with E-state index in [4.69, 9.17) is 4.74 Å². The maximum atomic E-state index is 5.51. The summed E-state index contributed by atoms with van der Waals surface area (Å²) in [5.41, 5.74) is 0.501. The normalized spacial score (nSPS) is 16.1. The van der Waals surface area contributed by atoms with Gasteiger partial charge in [0.15, 0.2) is 0 Å². The predicted octanol–water partition coefficient (Wildman–Crippen LogP) is 5.17. The molecule has 98 valence electrons. The zero-order chi connectivity index (χ0) is 12.7. The van der Waals surface area contributed by atoms with Crippen molar-refractivity contribution in [2.75, 3.05) is 12.4 Å². The molecule has 1 atom stereocenters. The van der Waals surface area contributed by atoms with Crippen molar-refractivity contribution in [2.24, 2.45) is 5.41 Å². The molecule has 1 nitrogen and oxygen atoms in total. The molecule has 0 N–H and O–H groups in total. The van der Waals surface area contributed by atoms with Gasteiger partial charge in [-0.05, 0) is 44.9 Å². The summed E-state index contributed by atoms with van der Waals surface area (Å²) in [6.45, 7) is 8.95. The smallest absolute Gasteiger partial charge is 0.0623 e. The fourth-order valence-electron chi connectivity index (χ4n) is 1.93. The SMILES string of the molecule is CCCCC(CC)(CBr)CCC(C)(C)OC. The van der Waals surface area contributed by atoms with Crippen molar-refractivity contribution in [1.82, 2.24) is 0 Å². The Balaban J connectivity index is 4.31. The summed E-state index contributed by atoms with van der Waals surface area (Å²) in [7, 11) is 1.81. The minimum absolute atomic E-state index is 0.0226. The van der Waals surface area contributed by atoms with E-state index < -0.39 is 0 Å². The van der Waals surface area contributed by atoms with E-state index in [0.29, 0.717) is 5.41 Å². The van der Waals surface area contributed by atoms with Crippen molar-refractivity contribution in [3.63, 3.8) is 0 Å². The number of hydrogen-bond donors (Lipinski definition) is 0. The van der Waals surface area contributed by atoms with Gasteiger partial charge in [0, 0.05) is 12.4 Å². The Morgan fingerprint density at radius 2 is 1.69 bits per heavy atom. The Bertz CT molecular complexity index is 174. The van der Waals surface area contributed by atoms with Crippen molar-refractivity contribution in [3.05, 3.63) is 0 Å². The van der Waals surface area contributed by atoms with Gasteiger partial charge in [-0.15, -0.1) is 0 Å². The molecule has 0 aromatic carbocycles. The molecule has 0 radical (unpaired) electrons. The van der Waals surface area contributed by atoms with Gasteiger partial charge < -0.3 is 4.74 Å². The molecular formula is C14H29BrO. The summed E-state index contributed by atoms with van der Waals surface area (Å²) in [5.74, 6) is 0. The zero-order valence-corrected chi connectivity index (χ0v) is 13.3. The van der Waals surface area contributed by atoms with Crippen LogP contribution >= 0.6 is 15.9 Å². The molecule has 0 saturated heterocycles. The molecular weight excluding hydrogens is 264 g/mol. The van der Waals surface area contributed by atoms with Gasteiger partial charge >= 0.3 is 0 Å². The number of methoxy groups -OCH3 is 1. The van der Waals surface area contributed by atoms with Crippen LogP contribution in [0.1, 0.15) is 66.2 Å².